The predicted octanol–water partition coefficient (Wildman–Crippen LogP) is 4.68. The first-order valence-corrected chi connectivity index (χ1v) is 9.56. The van der Waals surface area contributed by atoms with Crippen LogP contribution in [0.2, 0.25) is 0 Å². The number of unbranched alkanes of at least 4 members (excludes halogenated alkanes) is 6. The average Bonchev–Trinajstić information content (AvgIpc) is 2.57. The van der Waals surface area contributed by atoms with E-state index in [4.69, 9.17) is 5.73 Å². The number of aliphatic imine (C=N–C) groups is 2. The largest absolute Gasteiger partial charge is 0.369 e. The van der Waals surface area contributed by atoms with E-state index in [1.807, 2.05) is 35.2 Å². The second-order valence-electron chi connectivity index (χ2n) is 7.15. The molecule has 0 atom stereocenters. The molecule has 0 spiro atoms. The van der Waals surface area contributed by atoms with Gasteiger partial charge in [-0.25, -0.2) is 0 Å². The van der Waals surface area contributed by atoms with Crippen LogP contribution in [0.3, 0.4) is 0 Å². The van der Waals surface area contributed by atoms with Gasteiger partial charge in [0.25, 0.3) is 0 Å². The first-order chi connectivity index (χ1) is 12.0. The zero-order valence-electron chi connectivity index (χ0n) is 16.4. The van der Waals surface area contributed by atoms with Crippen LogP contribution in [0, 0.1) is 0 Å². The van der Waals surface area contributed by atoms with Crippen molar-refractivity contribution < 1.29 is 0 Å². The Morgan fingerprint density at radius 1 is 1.04 bits per heavy atom. The van der Waals surface area contributed by atoms with Crippen molar-refractivity contribution >= 4 is 30.0 Å². The minimum absolute atomic E-state index is 0. The Hall–Kier alpha value is -1.75. The molecule has 5 nitrogen and oxygen atoms in total. The molecule has 6 heteroatoms. The van der Waals surface area contributed by atoms with Crippen molar-refractivity contribution in [3.63, 3.8) is 0 Å². The van der Waals surface area contributed by atoms with E-state index in [0.29, 0.717) is 11.9 Å². The molecule has 0 aliphatic carbocycles. The van der Waals surface area contributed by atoms with Crippen LogP contribution in [-0.2, 0) is 0 Å². The van der Waals surface area contributed by atoms with Crippen molar-refractivity contribution in [1.29, 1.82) is 0 Å². The fourth-order valence-electron chi connectivity index (χ4n) is 3.16. The summed E-state index contributed by atoms with van der Waals surface area (Å²) in [4.78, 5) is 11.1. The maximum atomic E-state index is 6.23. The van der Waals surface area contributed by atoms with Crippen molar-refractivity contribution in [2.45, 2.75) is 71.4 Å². The molecule has 0 unspecified atom stereocenters. The fraction of sp³-hybridized carbons (Fsp3) is 0.600. The number of guanidine groups is 2. The molecule has 0 fully saturated rings. The summed E-state index contributed by atoms with van der Waals surface area (Å²) in [6.45, 7) is 7.23. The minimum atomic E-state index is -0.369. The molecule has 0 bridgehead atoms. The number of hydrogen-bond acceptors (Lipinski definition) is 3. The number of benzene rings is 1. The predicted molar refractivity (Wildman–Crippen MR) is 115 cm³/mol. The van der Waals surface area contributed by atoms with Gasteiger partial charge in [0, 0.05) is 12.2 Å². The van der Waals surface area contributed by atoms with Crippen LogP contribution >= 0.6 is 12.4 Å². The van der Waals surface area contributed by atoms with Gasteiger partial charge in [-0.2, -0.15) is 4.99 Å². The van der Waals surface area contributed by atoms with Crippen LogP contribution in [0.15, 0.2) is 40.3 Å². The SMILES string of the molecule is CCCCCCCCCN=C1N=C(N)N(c2ccccc2)C(C)(C)N1.Cl. The monoisotopic (exact) mass is 379 g/mol. The van der Waals surface area contributed by atoms with Gasteiger partial charge in [-0.3, -0.25) is 9.89 Å². The highest BCUT2D eigenvalue weighted by molar-refractivity contribution is 6.06. The Morgan fingerprint density at radius 3 is 2.27 bits per heavy atom. The van der Waals surface area contributed by atoms with Gasteiger partial charge in [-0.1, -0.05) is 63.6 Å². The number of para-hydroxylation sites is 1. The minimum Gasteiger partial charge on any atom is -0.369 e. The molecule has 0 amide bonds. The summed E-state index contributed by atoms with van der Waals surface area (Å²) in [6.07, 6.45) is 9.00. The van der Waals surface area contributed by atoms with Crippen molar-refractivity contribution in [2.75, 3.05) is 11.4 Å². The Morgan fingerprint density at radius 2 is 1.65 bits per heavy atom. The van der Waals surface area contributed by atoms with Gasteiger partial charge >= 0.3 is 0 Å². The molecule has 2 rings (SSSR count). The summed E-state index contributed by atoms with van der Waals surface area (Å²) in [7, 11) is 0. The maximum absolute atomic E-state index is 6.23. The van der Waals surface area contributed by atoms with Gasteiger partial charge < -0.3 is 11.1 Å². The molecular formula is C20H34ClN5. The van der Waals surface area contributed by atoms with E-state index < -0.39 is 0 Å². The summed E-state index contributed by atoms with van der Waals surface area (Å²) >= 11 is 0. The third-order valence-corrected chi connectivity index (χ3v) is 4.46. The molecule has 26 heavy (non-hydrogen) atoms. The van der Waals surface area contributed by atoms with Crippen LogP contribution < -0.4 is 16.0 Å². The lowest BCUT2D eigenvalue weighted by atomic mass is 10.1. The van der Waals surface area contributed by atoms with Crippen molar-refractivity contribution in [3.05, 3.63) is 30.3 Å². The van der Waals surface area contributed by atoms with Gasteiger partial charge in [-0.05, 0) is 32.4 Å². The molecule has 3 N–H and O–H groups in total. The first kappa shape index (κ1) is 22.3. The molecule has 0 saturated heterocycles. The Kier molecular flexibility index (Phi) is 9.49. The highest BCUT2D eigenvalue weighted by atomic mass is 35.5. The Bertz CT molecular complexity index is 583. The van der Waals surface area contributed by atoms with E-state index >= 15 is 0 Å². The zero-order chi connectivity index (χ0) is 18.1. The van der Waals surface area contributed by atoms with E-state index in [0.717, 1.165) is 18.7 Å². The summed E-state index contributed by atoms with van der Waals surface area (Å²) in [5.41, 5.74) is 6.88. The molecule has 0 aromatic heterocycles. The summed E-state index contributed by atoms with van der Waals surface area (Å²) in [5.74, 6) is 1.12. The highest BCUT2D eigenvalue weighted by Gasteiger charge is 2.34. The summed E-state index contributed by atoms with van der Waals surface area (Å²) in [5, 5.41) is 3.40. The van der Waals surface area contributed by atoms with Gasteiger partial charge in [0.15, 0.2) is 0 Å². The number of nitrogens with two attached hydrogens (primary N) is 1. The van der Waals surface area contributed by atoms with Crippen molar-refractivity contribution in [2.24, 2.45) is 15.7 Å². The Balaban J connectivity index is 0.00000338. The van der Waals surface area contributed by atoms with Crippen LogP contribution in [0.1, 0.15) is 65.7 Å². The number of halogens is 1. The maximum Gasteiger partial charge on any atom is 0.223 e. The average molecular weight is 380 g/mol. The molecule has 0 radical (unpaired) electrons. The lowest BCUT2D eigenvalue weighted by molar-refractivity contribution is 0.465. The fourth-order valence-corrected chi connectivity index (χ4v) is 3.16. The Labute approximate surface area is 164 Å². The molecule has 1 aromatic rings. The number of anilines is 1. The second kappa shape index (κ2) is 11.1. The van der Waals surface area contributed by atoms with E-state index in [1.165, 1.54) is 38.5 Å². The number of rotatable bonds is 9. The van der Waals surface area contributed by atoms with Crippen LogP contribution in [0.25, 0.3) is 0 Å². The van der Waals surface area contributed by atoms with E-state index in [1.54, 1.807) is 0 Å². The zero-order valence-corrected chi connectivity index (χ0v) is 17.2. The molecule has 1 aliphatic rings. The smallest absolute Gasteiger partial charge is 0.223 e. The van der Waals surface area contributed by atoms with Crippen LogP contribution in [-0.4, -0.2) is 24.1 Å². The molecule has 0 saturated carbocycles. The molecule has 1 heterocycles. The summed E-state index contributed by atoms with van der Waals surface area (Å²) in [6, 6.07) is 10.1. The van der Waals surface area contributed by atoms with Gasteiger partial charge in [-0.15, -0.1) is 12.4 Å². The third-order valence-electron chi connectivity index (χ3n) is 4.46. The normalized spacial score (nSPS) is 17.4. The lowest BCUT2D eigenvalue weighted by Gasteiger charge is -2.43. The van der Waals surface area contributed by atoms with E-state index in [9.17, 15) is 0 Å². The third kappa shape index (κ3) is 6.52. The lowest BCUT2D eigenvalue weighted by Crippen LogP contribution is -2.64. The number of nitrogens with one attached hydrogen (secondary N) is 1. The van der Waals surface area contributed by atoms with Gasteiger partial charge in [0.1, 0.15) is 5.66 Å². The van der Waals surface area contributed by atoms with E-state index in [2.05, 4.69) is 36.1 Å². The second-order valence-corrected chi connectivity index (χ2v) is 7.15. The number of hydrogen-bond donors (Lipinski definition) is 2. The molecular weight excluding hydrogens is 346 g/mol. The number of nitrogens with zero attached hydrogens (tertiary/aromatic N) is 3. The van der Waals surface area contributed by atoms with Gasteiger partial charge in [0.05, 0.1) is 0 Å². The van der Waals surface area contributed by atoms with Crippen molar-refractivity contribution in [1.82, 2.24) is 5.32 Å². The molecule has 1 aromatic carbocycles. The van der Waals surface area contributed by atoms with Crippen LogP contribution in [0.5, 0.6) is 0 Å². The van der Waals surface area contributed by atoms with Crippen LogP contribution in [0.4, 0.5) is 5.69 Å². The highest BCUT2D eigenvalue weighted by Crippen LogP contribution is 2.24. The van der Waals surface area contributed by atoms with E-state index in [-0.39, 0.29) is 18.1 Å². The quantitative estimate of drug-likeness (QED) is 0.612. The topological polar surface area (TPSA) is 66.0 Å². The summed E-state index contributed by atoms with van der Waals surface area (Å²) < 4.78 is 0. The standard InChI is InChI=1S/C20H33N5.ClH/c1-4-5-6-7-8-9-13-16-22-19-23-18(21)25(20(2,3)24-19)17-14-11-10-12-15-17;/h10-12,14-15H,4-9,13,16H2,1-3H3,(H3,21,22,23,24);1H. The molecule has 1 aliphatic heterocycles. The van der Waals surface area contributed by atoms with Crippen molar-refractivity contribution in [3.8, 4) is 0 Å². The van der Waals surface area contributed by atoms with Gasteiger partial charge in [0.2, 0.25) is 11.9 Å². The first-order valence-electron chi connectivity index (χ1n) is 9.56. The molecule has 146 valence electrons.